The van der Waals surface area contributed by atoms with Gasteiger partial charge in [-0.05, 0) is 45.6 Å². The Morgan fingerprint density at radius 3 is 2.56 bits per heavy atom. The van der Waals surface area contributed by atoms with Crippen LogP contribution < -0.4 is 5.32 Å². The van der Waals surface area contributed by atoms with Gasteiger partial charge in [0.05, 0.1) is 0 Å². The van der Waals surface area contributed by atoms with Crippen molar-refractivity contribution in [1.29, 1.82) is 0 Å². The molecule has 0 aromatic carbocycles. The van der Waals surface area contributed by atoms with E-state index in [0.29, 0.717) is 6.04 Å². The Balaban J connectivity index is 1.97. The molecule has 18 heavy (non-hydrogen) atoms. The molecule has 0 radical (unpaired) electrons. The Labute approximate surface area is 113 Å². The van der Waals surface area contributed by atoms with Crippen molar-refractivity contribution >= 4 is 0 Å². The highest BCUT2D eigenvalue weighted by molar-refractivity contribution is 4.99. The van der Waals surface area contributed by atoms with Crippen LogP contribution in [0.25, 0.3) is 0 Å². The lowest BCUT2D eigenvalue weighted by molar-refractivity contribution is -0.00373. The zero-order chi connectivity index (χ0) is 13.0. The van der Waals surface area contributed by atoms with Gasteiger partial charge in [0, 0.05) is 30.6 Å². The van der Waals surface area contributed by atoms with Crippen molar-refractivity contribution in [2.45, 2.75) is 83.0 Å². The van der Waals surface area contributed by atoms with E-state index in [-0.39, 0.29) is 0 Å². The first-order chi connectivity index (χ1) is 8.76. The second-order valence-electron chi connectivity index (χ2n) is 6.07. The zero-order valence-corrected chi connectivity index (χ0v) is 12.0. The fourth-order valence-corrected chi connectivity index (χ4v) is 3.93. The van der Waals surface area contributed by atoms with E-state index in [1.54, 1.807) is 0 Å². The summed E-state index contributed by atoms with van der Waals surface area (Å²) in [5, 5.41) is 3.72. The van der Waals surface area contributed by atoms with Crippen molar-refractivity contribution in [2.75, 3.05) is 6.54 Å². The predicted molar refractivity (Wildman–Crippen MR) is 77.5 cm³/mol. The lowest BCUT2D eigenvalue weighted by Gasteiger charge is -2.51. The van der Waals surface area contributed by atoms with Crippen LogP contribution in [0.3, 0.4) is 0 Å². The maximum absolute atomic E-state index is 5.49. The molecular formula is C16H28N2. The van der Waals surface area contributed by atoms with E-state index in [0.717, 1.165) is 24.5 Å². The van der Waals surface area contributed by atoms with Gasteiger partial charge in [0.15, 0.2) is 0 Å². The van der Waals surface area contributed by atoms with Crippen LogP contribution in [-0.2, 0) is 0 Å². The Bertz CT molecular complexity index is 280. The van der Waals surface area contributed by atoms with Gasteiger partial charge in [-0.1, -0.05) is 13.3 Å². The van der Waals surface area contributed by atoms with Crippen LogP contribution >= 0.6 is 0 Å². The molecule has 102 valence electrons. The SMILES string of the molecule is C#CCC(C)N1C2CCCC1CC(NCCC)C2. The standard InChI is InChI=1S/C16H28N2/c1-4-7-13(3)18-15-8-6-9-16(18)12-14(11-15)17-10-5-2/h1,13-17H,5-12H2,2-3H3. The number of hydrogen-bond acceptors (Lipinski definition) is 2. The summed E-state index contributed by atoms with van der Waals surface area (Å²) >= 11 is 0. The van der Waals surface area contributed by atoms with E-state index in [2.05, 4.69) is 30.0 Å². The first kappa shape index (κ1) is 13.9. The lowest BCUT2D eigenvalue weighted by atomic mass is 9.80. The summed E-state index contributed by atoms with van der Waals surface area (Å²) < 4.78 is 0. The van der Waals surface area contributed by atoms with E-state index < -0.39 is 0 Å². The van der Waals surface area contributed by atoms with Crippen molar-refractivity contribution in [3.63, 3.8) is 0 Å². The minimum Gasteiger partial charge on any atom is -0.314 e. The molecule has 2 aliphatic heterocycles. The van der Waals surface area contributed by atoms with E-state index in [1.165, 1.54) is 45.1 Å². The molecule has 3 unspecified atom stereocenters. The molecular weight excluding hydrogens is 220 g/mol. The Morgan fingerprint density at radius 2 is 2.00 bits per heavy atom. The van der Waals surface area contributed by atoms with E-state index >= 15 is 0 Å². The summed E-state index contributed by atoms with van der Waals surface area (Å²) in [6.45, 7) is 5.73. The largest absolute Gasteiger partial charge is 0.314 e. The topological polar surface area (TPSA) is 15.3 Å². The number of hydrogen-bond donors (Lipinski definition) is 1. The molecule has 2 bridgehead atoms. The van der Waals surface area contributed by atoms with Crippen molar-refractivity contribution in [1.82, 2.24) is 10.2 Å². The van der Waals surface area contributed by atoms with Crippen molar-refractivity contribution in [3.05, 3.63) is 0 Å². The van der Waals surface area contributed by atoms with Gasteiger partial charge in [0.25, 0.3) is 0 Å². The predicted octanol–water partition coefficient (Wildman–Crippen LogP) is 2.78. The van der Waals surface area contributed by atoms with Crippen LogP contribution in [0.2, 0.25) is 0 Å². The molecule has 0 aliphatic carbocycles. The molecule has 3 atom stereocenters. The highest BCUT2D eigenvalue weighted by Gasteiger charge is 2.39. The smallest absolute Gasteiger partial charge is 0.0240 e. The summed E-state index contributed by atoms with van der Waals surface area (Å²) in [5.74, 6) is 2.84. The van der Waals surface area contributed by atoms with Gasteiger partial charge < -0.3 is 5.32 Å². The molecule has 1 N–H and O–H groups in total. The van der Waals surface area contributed by atoms with Crippen LogP contribution in [0.4, 0.5) is 0 Å². The summed E-state index contributed by atoms with van der Waals surface area (Å²) in [6, 6.07) is 2.86. The lowest BCUT2D eigenvalue weighted by Crippen LogP contribution is -2.58. The highest BCUT2D eigenvalue weighted by Crippen LogP contribution is 2.36. The van der Waals surface area contributed by atoms with Gasteiger partial charge in [-0.25, -0.2) is 0 Å². The molecule has 0 amide bonds. The minimum absolute atomic E-state index is 0.567. The second kappa shape index (κ2) is 6.59. The minimum atomic E-state index is 0.567. The Kier molecular flexibility index (Phi) is 5.09. The molecule has 0 aromatic rings. The number of nitrogens with one attached hydrogen (secondary N) is 1. The molecule has 2 saturated heterocycles. The fourth-order valence-electron chi connectivity index (χ4n) is 3.93. The number of nitrogens with zero attached hydrogens (tertiary/aromatic N) is 1. The Morgan fingerprint density at radius 1 is 1.33 bits per heavy atom. The van der Waals surface area contributed by atoms with Crippen LogP contribution in [0.5, 0.6) is 0 Å². The maximum Gasteiger partial charge on any atom is 0.0240 e. The normalized spacial score (nSPS) is 33.9. The van der Waals surface area contributed by atoms with Crippen molar-refractivity contribution < 1.29 is 0 Å². The first-order valence-electron chi connectivity index (χ1n) is 7.70. The van der Waals surface area contributed by atoms with Gasteiger partial charge in [-0.15, -0.1) is 12.3 Å². The van der Waals surface area contributed by atoms with Gasteiger partial charge in [0.2, 0.25) is 0 Å². The van der Waals surface area contributed by atoms with Crippen LogP contribution in [-0.4, -0.2) is 35.6 Å². The second-order valence-corrected chi connectivity index (χ2v) is 6.07. The third-order valence-corrected chi connectivity index (χ3v) is 4.64. The van der Waals surface area contributed by atoms with Crippen LogP contribution in [0, 0.1) is 12.3 Å². The third-order valence-electron chi connectivity index (χ3n) is 4.64. The zero-order valence-electron chi connectivity index (χ0n) is 12.0. The average molecular weight is 248 g/mol. The highest BCUT2D eigenvalue weighted by atomic mass is 15.2. The molecule has 2 heteroatoms. The Hall–Kier alpha value is -0.520. The molecule has 2 heterocycles. The van der Waals surface area contributed by atoms with E-state index in [9.17, 15) is 0 Å². The molecule has 0 saturated carbocycles. The van der Waals surface area contributed by atoms with Crippen molar-refractivity contribution in [2.24, 2.45) is 0 Å². The molecule has 2 rings (SSSR count). The van der Waals surface area contributed by atoms with Gasteiger partial charge in [0.1, 0.15) is 0 Å². The van der Waals surface area contributed by atoms with Crippen LogP contribution in [0.15, 0.2) is 0 Å². The van der Waals surface area contributed by atoms with Gasteiger partial charge >= 0.3 is 0 Å². The van der Waals surface area contributed by atoms with Crippen LogP contribution in [0.1, 0.15) is 58.8 Å². The van der Waals surface area contributed by atoms with E-state index in [4.69, 9.17) is 6.42 Å². The van der Waals surface area contributed by atoms with Crippen molar-refractivity contribution in [3.8, 4) is 12.3 Å². The quantitative estimate of drug-likeness (QED) is 0.753. The fraction of sp³-hybridized carbons (Fsp3) is 0.875. The average Bonchev–Trinajstić information content (AvgIpc) is 2.35. The van der Waals surface area contributed by atoms with Gasteiger partial charge in [-0.3, -0.25) is 4.90 Å². The first-order valence-corrected chi connectivity index (χ1v) is 7.70. The molecule has 2 nitrogen and oxygen atoms in total. The van der Waals surface area contributed by atoms with E-state index in [1.807, 2.05) is 0 Å². The summed E-state index contributed by atoms with van der Waals surface area (Å²) in [4.78, 5) is 2.74. The molecule has 2 aliphatic rings. The summed E-state index contributed by atoms with van der Waals surface area (Å²) in [7, 11) is 0. The summed E-state index contributed by atoms with van der Waals surface area (Å²) in [5.41, 5.74) is 0. The number of piperidine rings is 2. The maximum atomic E-state index is 5.49. The molecule has 0 aromatic heterocycles. The summed E-state index contributed by atoms with van der Waals surface area (Å²) in [6.07, 6.45) is 14.4. The molecule has 0 spiro atoms. The van der Waals surface area contributed by atoms with Gasteiger partial charge in [-0.2, -0.15) is 0 Å². The number of rotatable bonds is 5. The number of fused-ring (bicyclic) bond motifs is 2. The number of terminal acetylenes is 1. The third kappa shape index (κ3) is 3.08. The molecule has 2 fully saturated rings. The monoisotopic (exact) mass is 248 g/mol.